The average Bonchev–Trinajstić information content (AvgIpc) is 2.86. The molecule has 0 amide bonds. The van der Waals surface area contributed by atoms with Crippen LogP contribution in [-0.4, -0.2) is 72.0 Å². The molecule has 0 saturated carbocycles. The molecule has 0 bridgehead atoms. The van der Waals surface area contributed by atoms with Crippen LogP contribution < -0.4 is 4.74 Å². The van der Waals surface area contributed by atoms with Crippen molar-refractivity contribution in [3.8, 4) is 5.75 Å². The fourth-order valence-corrected chi connectivity index (χ4v) is 3.16. The lowest BCUT2D eigenvalue weighted by molar-refractivity contribution is -0.140. The number of carbonyl (C=O) groups excluding carboxylic acids is 1. The monoisotopic (exact) mass is 494 g/mol. The summed E-state index contributed by atoms with van der Waals surface area (Å²) >= 11 is 0. The topological polar surface area (TPSA) is 72.5 Å². The average molecular weight is 495 g/mol. The minimum atomic E-state index is -0.401. The standard InChI is InChI=1S/C28H46O7/c1-4-5-6-7-8-9-10-26-11-13-27(14-12-26)34-23-21-32-19-17-30-15-16-31-18-20-33-22-24-35-28(29)25(2)3/h11-14H,2,4-10,15-24H2,1,3H3. The van der Waals surface area contributed by atoms with Gasteiger partial charge in [0.15, 0.2) is 0 Å². The largest absolute Gasteiger partial charge is 0.491 e. The van der Waals surface area contributed by atoms with E-state index < -0.39 is 5.97 Å². The highest BCUT2D eigenvalue weighted by Gasteiger charge is 2.02. The zero-order chi connectivity index (χ0) is 25.4. The van der Waals surface area contributed by atoms with Crippen LogP contribution in [0.25, 0.3) is 0 Å². The molecule has 7 heteroatoms. The molecular weight excluding hydrogens is 448 g/mol. The quantitative estimate of drug-likeness (QED) is 0.112. The van der Waals surface area contributed by atoms with Crippen LogP contribution in [0.1, 0.15) is 57.9 Å². The van der Waals surface area contributed by atoms with Crippen molar-refractivity contribution < 1.29 is 33.2 Å². The number of esters is 1. The van der Waals surface area contributed by atoms with Gasteiger partial charge in [-0.05, 0) is 37.5 Å². The van der Waals surface area contributed by atoms with Crippen LogP contribution in [-0.2, 0) is 34.9 Å². The first kappa shape index (κ1) is 31.1. The molecule has 0 radical (unpaired) electrons. The number of hydrogen-bond acceptors (Lipinski definition) is 7. The third-order valence-electron chi connectivity index (χ3n) is 5.16. The van der Waals surface area contributed by atoms with Crippen LogP contribution in [0.2, 0.25) is 0 Å². The normalized spacial score (nSPS) is 10.9. The number of benzene rings is 1. The van der Waals surface area contributed by atoms with Gasteiger partial charge in [-0.15, -0.1) is 0 Å². The third-order valence-corrected chi connectivity index (χ3v) is 5.16. The van der Waals surface area contributed by atoms with Gasteiger partial charge in [0.05, 0.1) is 52.9 Å². The Bertz CT molecular complexity index is 645. The highest BCUT2D eigenvalue weighted by Crippen LogP contribution is 2.15. The molecule has 0 aromatic heterocycles. The van der Waals surface area contributed by atoms with Gasteiger partial charge in [-0.3, -0.25) is 0 Å². The highest BCUT2D eigenvalue weighted by atomic mass is 16.6. The second kappa shape index (κ2) is 22.5. The summed E-state index contributed by atoms with van der Waals surface area (Å²) in [7, 11) is 0. The van der Waals surface area contributed by atoms with Crippen LogP contribution in [0.3, 0.4) is 0 Å². The van der Waals surface area contributed by atoms with Crippen molar-refractivity contribution >= 4 is 5.97 Å². The molecule has 0 aliphatic carbocycles. The van der Waals surface area contributed by atoms with Crippen molar-refractivity contribution in [2.24, 2.45) is 0 Å². The molecule has 0 aliphatic rings. The lowest BCUT2D eigenvalue weighted by Crippen LogP contribution is -2.15. The molecule has 35 heavy (non-hydrogen) atoms. The fraction of sp³-hybridized carbons (Fsp3) is 0.679. The molecule has 200 valence electrons. The Kier molecular flexibility index (Phi) is 20.0. The van der Waals surface area contributed by atoms with Gasteiger partial charge >= 0.3 is 5.97 Å². The molecule has 0 spiro atoms. The Labute approximate surface area is 212 Å². The van der Waals surface area contributed by atoms with Gasteiger partial charge in [-0.2, -0.15) is 0 Å². The van der Waals surface area contributed by atoms with Crippen LogP contribution in [0.5, 0.6) is 5.75 Å². The van der Waals surface area contributed by atoms with Crippen molar-refractivity contribution in [2.75, 3.05) is 66.1 Å². The fourth-order valence-electron chi connectivity index (χ4n) is 3.16. The van der Waals surface area contributed by atoms with Crippen LogP contribution in [0.15, 0.2) is 36.4 Å². The van der Waals surface area contributed by atoms with Gasteiger partial charge in [-0.25, -0.2) is 4.79 Å². The second-order valence-corrected chi connectivity index (χ2v) is 8.38. The van der Waals surface area contributed by atoms with E-state index >= 15 is 0 Å². The van der Waals surface area contributed by atoms with E-state index in [0.717, 1.165) is 12.2 Å². The van der Waals surface area contributed by atoms with Crippen LogP contribution in [0, 0.1) is 0 Å². The van der Waals surface area contributed by atoms with Gasteiger partial charge in [0.2, 0.25) is 0 Å². The predicted octanol–water partition coefficient (Wildman–Crippen LogP) is 5.15. The molecular formula is C28H46O7. The number of hydrogen-bond donors (Lipinski definition) is 0. The molecule has 0 atom stereocenters. The van der Waals surface area contributed by atoms with E-state index in [1.54, 1.807) is 6.92 Å². The zero-order valence-corrected chi connectivity index (χ0v) is 21.9. The lowest BCUT2D eigenvalue weighted by atomic mass is 10.0. The van der Waals surface area contributed by atoms with E-state index in [4.69, 9.17) is 28.4 Å². The summed E-state index contributed by atoms with van der Waals surface area (Å²) in [5.74, 6) is 0.479. The molecule has 1 aromatic carbocycles. The Morgan fingerprint density at radius 3 is 1.71 bits per heavy atom. The van der Waals surface area contributed by atoms with E-state index in [1.165, 1.54) is 44.1 Å². The van der Waals surface area contributed by atoms with Crippen LogP contribution >= 0.6 is 0 Å². The van der Waals surface area contributed by atoms with E-state index in [-0.39, 0.29) is 6.61 Å². The Balaban J connectivity index is 1.83. The van der Waals surface area contributed by atoms with Crippen molar-refractivity contribution in [1.82, 2.24) is 0 Å². The number of rotatable bonds is 24. The predicted molar refractivity (Wildman–Crippen MR) is 138 cm³/mol. The summed E-state index contributed by atoms with van der Waals surface area (Å²) < 4.78 is 32.4. The molecule has 1 aromatic rings. The lowest BCUT2D eigenvalue weighted by Gasteiger charge is -2.09. The van der Waals surface area contributed by atoms with Gasteiger partial charge in [-0.1, -0.05) is 57.7 Å². The molecule has 1 rings (SSSR count). The first-order valence-corrected chi connectivity index (χ1v) is 13.0. The Morgan fingerprint density at radius 1 is 0.686 bits per heavy atom. The SMILES string of the molecule is C=C(C)C(=O)OCCOCCOCCOCCOCCOc1ccc(CCCCCCCC)cc1. The Hall–Kier alpha value is -1.93. The Morgan fingerprint density at radius 2 is 1.17 bits per heavy atom. The summed E-state index contributed by atoms with van der Waals surface area (Å²) in [6.07, 6.45) is 9.09. The maximum absolute atomic E-state index is 11.2. The van der Waals surface area contributed by atoms with Gasteiger partial charge in [0, 0.05) is 5.57 Å². The maximum Gasteiger partial charge on any atom is 0.333 e. The minimum absolute atomic E-state index is 0.214. The van der Waals surface area contributed by atoms with Crippen molar-refractivity contribution in [2.45, 2.75) is 58.8 Å². The first-order valence-electron chi connectivity index (χ1n) is 13.0. The second-order valence-electron chi connectivity index (χ2n) is 8.38. The minimum Gasteiger partial charge on any atom is -0.491 e. The molecule has 0 aliphatic heterocycles. The van der Waals surface area contributed by atoms with E-state index in [9.17, 15) is 4.79 Å². The summed E-state index contributed by atoms with van der Waals surface area (Å²) in [4.78, 5) is 11.2. The van der Waals surface area contributed by atoms with Crippen molar-refractivity contribution in [3.63, 3.8) is 0 Å². The summed E-state index contributed by atoms with van der Waals surface area (Å²) in [6.45, 7) is 11.9. The van der Waals surface area contributed by atoms with Crippen LogP contribution in [0.4, 0.5) is 0 Å². The van der Waals surface area contributed by atoms with E-state index in [0.29, 0.717) is 65.0 Å². The van der Waals surface area contributed by atoms with E-state index in [2.05, 4.69) is 25.6 Å². The number of aryl methyl sites for hydroxylation is 1. The van der Waals surface area contributed by atoms with Gasteiger partial charge in [0.1, 0.15) is 19.0 Å². The summed E-state index contributed by atoms with van der Waals surface area (Å²) in [5, 5.41) is 0. The van der Waals surface area contributed by atoms with Crippen molar-refractivity contribution in [1.29, 1.82) is 0 Å². The number of unbranched alkanes of at least 4 members (excludes halogenated alkanes) is 5. The van der Waals surface area contributed by atoms with Crippen molar-refractivity contribution in [3.05, 3.63) is 42.0 Å². The summed E-state index contributed by atoms with van der Waals surface area (Å²) in [6, 6.07) is 8.40. The smallest absolute Gasteiger partial charge is 0.333 e. The van der Waals surface area contributed by atoms with Gasteiger partial charge < -0.3 is 28.4 Å². The maximum atomic E-state index is 11.2. The first-order chi connectivity index (χ1) is 17.1. The molecule has 0 unspecified atom stereocenters. The molecule has 7 nitrogen and oxygen atoms in total. The number of carbonyl (C=O) groups is 1. The highest BCUT2D eigenvalue weighted by molar-refractivity contribution is 5.86. The molecule has 0 heterocycles. The molecule has 0 saturated heterocycles. The number of ether oxygens (including phenoxy) is 6. The molecule has 0 fully saturated rings. The van der Waals surface area contributed by atoms with E-state index in [1.807, 2.05) is 12.1 Å². The molecule has 0 N–H and O–H groups in total. The summed E-state index contributed by atoms with van der Waals surface area (Å²) in [5.41, 5.74) is 1.76. The third kappa shape index (κ3) is 19.0. The van der Waals surface area contributed by atoms with Gasteiger partial charge in [0.25, 0.3) is 0 Å². The zero-order valence-electron chi connectivity index (χ0n) is 21.9.